The minimum atomic E-state index is -0.972. The Kier molecular flexibility index (Phi) is 7.24. The van der Waals surface area contributed by atoms with E-state index in [4.69, 9.17) is 4.74 Å². The second kappa shape index (κ2) is 7.58. The van der Waals surface area contributed by atoms with Gasteiger partial charge in [0.1, 0.15) is 6.73 Å². The van der Waals surface area contributed by atoms with E-state index in [1.54, 1.807) is 0 Å². The van der Waals surface area contributed by atoms with Crippen molar-refractivity contribution in [3.8, 4) is 0 Å². The minimum absolute atomic E-state index is 0.146. The third kappa shape index (κ3) is 8.30. The summed E-state index contributed by atoms with van der Waals surface area (Å²) in [6.07, 6.45) is 3.96. The molecule has 0 spiro atoms. The highest BCUT2D eigenvalue weighted by atomic mass is 28.3. The monoisotopic (exact) mass is 271 g/mol. The predicted octanol–water partition coefficient (Wildman–Crippen LogP) is 2.73. The van der Waals surface area contributed by atoms with Crippen LogP contribution in [0.25, 0.3) is 0 Å². The number of hydrogen-bond donors (Lipinski definition) is 1. The van der Waals surface area contributed by atoms with Crippen LogP contribution in [0.3, 0.4) is 0 Å². The molecule has 4 nitrogen and oxygen atoms in total. The molecule has 0 fully saturated rings. The van der Waals surface area contributed by atoms with Crippen molar-refractivity contribution >= 4 is 14.8 Å². The summed E-state index contributed by atoms with van der Waals surface area (Å²) >= 11 is 0. The van der Waals surface area contributed by atoms with Crippen molar-refractivity contribution in [1.29, 1.82) is 0 Å². The average molecular weight is 271 g/mol. The van der Waals surface area contributed by atoms with Crippen molar-refractivity contribution in [2.45, 2.75) is 45.1 Å². The molecule has 5 heteroatoms. The minimum Gasteiger partial charge on any atom is -0.369 e. The highest BCUT2D eigenvalue weighted by molar-refractivity contribution is 6.76. The maximum absolute atomic E-state index is 5.53. The van der Waals surface area contributed by atoms with Gasteiger partial charge in [0.15, 0.2) is 0 Å². The lowest BCUT2D eigenvalue weighted by Crippen LogP contribution is -2.35. The fraction of sp³-hybridized carbons (Fsp3) is 0.769. The summed E-state index contributed by atoms with van der Waals surface area (Å²) in [5, 5.41) is 8.84. The molecule has 0 unspecified atom stereocenters. The largest absolute Gasteiger partial charge is 0.369 e. The molecule has 0 aromatic heterocycles. The van der Waals surface area contributed by atoms with E-state index in [-0.39, 0.29) is 5.54 Å². The molecule has 0 radical (unpaired) electrons. The molecule has 0 aliphatic carbocycles. The average Bonchev–Trinajstić information content (AvgIpc) is 2.25. The number of hydrogen-bond acceptors (Lipinski definition) is 4. The molecule has 18 heavy (non-hydrogen) atoms. The number of nitrogens with one attached hydrogen (secondary N) is 1. The third-order valence-electron chi connectivity index (χ3n) is 2.84. The Morgan fingerprint density at radius 1 is 1.39 bits per heavy atom. The molecule has 0 atom stereocenters. The van der Waals surface area contributed by atoms with Gasteiger partial charge < -0.3 is 10.1 Å². The quantitative estimate of drug-likeness (QED) is 0.230. The number of likely N-dealkylation sites (N-methyl/N-ethyl adjacent to an activating group) is 1. The first kappa shape index (κ1) is 17.2. The van der Waals surface area contributed by atoms with Gasteiger partial charge in [-0.2, -0.15) is 5.10 Å². The summed E-state index contributed by atoms with van der Waals surface area (Å²) in [6, 6.07) is 1.20. The maximum Gasteiger partial charge on any atom is 0.116 e. The van der Waals surface area contributed by atoms with E-state index in [2.05, 4.69) is 50.6 Å². The number of hydrazone groups is 1. The van der Waals surface area contributed by atoms with E-state index < -0.39 is 8.07 Å². The van der Waals surface area contributed by atoms with Crippen molar-refractivity contribution in [2.24, 2.45) is 5.10 Å². The van der Waals surface area contributed by atoms with Gasteiger partial charge in [-0.05, 0) is 32.2 Å². The normalized spacial score (nSPS) is 12.8. The summed E-state index contributed by atoms with van der Waals surface area (Å²) in [7, 11) is 0.932. The molecule has 0 bridgehead atoms. The van der Waals surface area contributed by atoms with Crippen molar-refractivity contribution in [3.05, 3.63) is 12.3 Å². The Labute approximate surface area is 113 Å². The summed E-state index contributed by atoms with van der Waals surface area (Å²) in [5.74, 6) is 0. The van der Waals surface area contributed by atoms with Gasteiger partial charge in [-0.3, -0.25) is 5.01 Å². The van der Waals surface area contributed by atoms with Crippen LogP contribution in [-0.4, -0.2) is 45.7 Å². The second-order valence-electron chi connectivity index (χ2n) is 6.22. The lowest BCUT2D eigenvalue weighted by Gasteiger charge is -2.29. The Bertz CT molecular complexity index is 272. The van der Waals surface area contributed by atoms with Gasteiger partial charge in [-0.1, -0.05) is 19.6 Å². The zero-order valence-corrected chi connectivity index (χ0v) is 13.8. The van der Waals surface area contributed by atoms with Crippen molar-refractivity contribution in [1.82, 2.24) is 10.3 Å². The van der Waals surface area contributed by atoms with E-state index in [9.17, 15) is 0 Å². The summed E-state index contributed by atoms with van der Waals surface area (Å²) in [5.41, 5.74) is -0.146. The number of nitrogens with zero attached hydrogens (tertiary/aromatic N) is 2. The molecule has 0 aliphatic heterocycles. The summed E-state index contributed by atoms with van der Waals surface area (Å²) in [6.45, 7) is 16.1. The molecule has 0 rings (SSSR count). The van der Waals surface area contributed by atoms with E-state index in [0.717, 1.165) is 6.61 Å². The zero-order chi connectivity index (χ0) is 14.2. The Morgan fingerprint density at radius 2 is 2.00 bits per heavy atom. The van der Waals surface area contributed by atoms with Crippen LogP contribution in [-0.2, 0) is 4.74 Å². The van der Waals surface area contributed by atoms with E-state index >= 15 is 0 Å². The Hall–Kier alpha value is -0.813. The van der Waals surface area contributed by atoms with Crippen molar-refractivity contribution in [2.75, 3.05) is 20.4 Å². The Balaban J connectivity index is 3.75. The highest BCUT2D eigenvalue weighted by Crippen LogP contribution is 2.13. The summed E-state index contributed by atoms with van der Waals surface area (Å²) < 4.78 is 5.53. The standard InChI is InChI=1S/C13H29N3OSi/c1-13(2,16(4)14-3)8-9-15-12-17-10-11-18(5,6)7/h8-9,15H,3,10-12H2,1-2,4-7H3/b9-8-. The van der Waals surface area contributed by atoms with Crippen LogP contribution >= 0.6 is 0 Å². The fourth-order valence-corrected chi connectivity index (χ4v) is 1.87. The van der Waals surface area contributed by atoms with Crippen LogP contribution in [0.15, 0.2) is 17.4 Å². The zero-order valence-electron chi connectivity index (χ0n) is 12.8. The molecule has 1 N–H and O–H groups in total. The number of ether oxygens (including phenoxy) is 1. The van der Waals surface area contributed by atoms with Crippen LogP contribution in [0.4, 0.5) is 0 Å². The van der Waals surface area contributed by atoms with Gasteiger partial charge in [0.2, 0.25) is 0 Å². The van der Waals surface area contributed by atoms with E-state index in [1.807, 2.05) is 24.3 Å². The molecule has 0 saturated heterocycles. The van der Waals surface area contributed by atoms with Gasteiger partial charge in [0.25, 0.3) is 0 Å². The molecule has 106 valence electrons. The van der Waals surface area contributed by atoms with Crippen molar-refractivity contribution < 1.29 is 4.74 Å². The van der Waals surface area contributed by atoms with Gasteiger partial charge >= 0.3 is 0 Å². The second-order valence-corrected chi connectivity index (χ2v) is 11.8. The summed E-state index contributed by atoms with van der Waals surface area (Å²) in [4.78, 5) is 0. The third-order valence-corrected chi connectivity index (χ3v) is 4.54. The van der Waals surface area contributed by atoms with Gasteiger partial charge in [0, 0.05) is 28.4 Å². The van der Waals surface area contributed by atoms with Gasteiger partial charge in [0.05, 0.1) is 5.54 Å². The van der Waals surface area contributed by atoms with Crippen molar-refractivity contribution in [3.63, 3.8) is 0 Å². The van der Waals surface area contributed by atoms with Crippen LogP contribution in [0.2, 0.25) is 25.7 Å². The molecule has 0 heterocycles. The van der Waals surface area contributed by atoms with E-state index in [0.29, 0.717) is 6.73 Å². The van der Waals surface area contributed by atoms with Gasteiger partial charge in [-0.15, -0.1) is 0 Å². The fourth-order valence-electron chi connectivity index (χ4n) is 1.11. The SMILES string of the molecule is C=NN(C)C(C)(C)/C=C\NCOCC[Si](C)(C)C. The first-order valence-electron chi connectivity index (χ1n) is 6.38. The maximum atomic E-state index is 5.53. The molecular weight excluding hydrogens is 242 g/mol. The molecular formula is C13H29N3OSi. The first-order valence-corrected chi connectivity index (χ1v) is 10.1. The van der Waals surface area contributed by atoms with E-state index in [1.165, 1.54) is 6.04 Å². The van der Waals surface area contributed by atoms with Crippen LogP contribution in [0.5, 0.6) is 0 Å². The van der Waals surface area contributed by atoms with Crippen LogP contribution < -0.4 is 5.32 Å². The molecule has 0 aromatic carbocycles. The lowest BCUT2D eigenvalue weighted by molar-refractivity contribution is 0.137. The number of rotatable bonds is 9. The van der Waals surface area contributed by atoms with Crippen LogP contribution in [0.1, 0.15) is 13.8 Å². The van der Waals surface area contributed by atoms with Gasteiger partial charge in [-0.25, -0.2) is 0 Å². The first-order chi connectivity index (χ1) is 8.19. The Morgan fingerprint density at radius 3 is 2.50 bits per heavy atom. The molecule has 0 aliphatic rings. The molecule has 0 amide bonds. The molecule has 0 saturated carbocycles. The highest BCUT2D eigenvalue weighted by Gasteiger charge is 2.17. The predicted molar refractivity (Wildman–Crippen MR) is 82.6 cm³/mol. The smallest absolute Gasteiger partial charge is 0.116 e. The topological polar surface area (TPSA) is 36.9 Å². The van der Waals surface area contributed by atoms with Crippen LogP contribution in [0, 0.1) is 0 Å². The molecule has 0 aromatic rings. The lowest BCUT2D eigenvalue weighted by atomic mass is 10.1.